The quantitative estimate of drug-likeness (QED) is 0.768. The van der Waals surface area contributed by atoms with Gasteiger partial charge in [0.2, 0.25) is 0 Å². The van der Waals surface area contributed by atoms with Crippen LogP contribution in [0.5, 0.6) is 0 Å². The van der Waals surface area contributed by atoms with Crippen molar-refractivity contribution >= 4 is 5.97 Å². The summed E-state index contributed by atoms with van der Waals surface area (Å²) < 4.78 is 10.3. The molecule has 86 valence electrons. The normalized spacial score (nSPS) is 24.4. The lowest BCUT2D eigenvalue weighted by Gasteiger charge is -2.09. The maximum Gasteiger partial charge on any atom is 0.335 e. The van der Waals surface area contributed by atoms with Crippen LogP contribution < -0.4 is 0 Å². The van der Waals surface area contributed by atoms with Crippen LogP contribution in [-0.4, -0.2) is 29.9 Å². The average molecular weight is 222 g/mol. The van der Waals surface area contributed by atoms with Crippen molar-refractivity contribution in [2.45, 2.75) is 25.2 Å². The van der Waals surface area contributed by atoms with Gasteiger partial charge < -0.3 is 14.6 Å². The minimum absolute atomic E-state index is 0.314. The monoisotopic (exact) mass is 222 g/mol. The maximum absolute atomic E-state index is 10.9. The first kappa shape index (κ1) is 11.1. The number of esters is 1. The highest BCUT2D eigenvalue weighted by molar-refractivity contribution is 5.76. The van der Waals surface area contributed by atoms with Crippen LogP contribution in [0.2, 0.25) is 0 Å². The highest BCUT2D eigenvalue weighted by Crippen LogP contribution is 2.15. The van der Waals surface area contributed by atoms with Gasteiger partial charge in [0.05, 0.1) is 13.2 Å². The van der Waals surface area contributed by atoms with Gasteiger partial charge in [0, 0.05) is 6.42 Å². The second kappa shape index (κ2) is 5.09. The van der Waals surface area contributed by atoms with Crippen molar-refractivity contribution in [3.05, 3.63) is 35.9 Å². The molecule has 0 aromatic heterocycles. The van der Waals surface area contributed by atoms with E-state index < -0.39 is 12.1 Å². The van der Waals surface area contributed by atoms with Crippen molar-refractivity contribution in [2.24, 2.45) is 0 Å². The largest absolute Gasteiger partial charge is 0.458 e. The Morgan fingerprint density at radius 1 is 1.38 bits per heavy atom. The molecule has 2 atom stereocenters. The number of rotatable bonds is 4. The Labute approximate surface area is 93.8 Å². The van der Waals surface area contributed by atoms with Gasteiger partial charge in [-0.05, 0) is 5.56 Å². The van der Waals surface area contributed by atoms with E-state index >= 15 is 0 Å². The van der Waals surface area contributed by atoms with Gasteiger partial charge in [-0.15, -0.1) is 0 Å². The topological polar surface area (TPSA) is 55.8 Å². The third-order valence-corrected chi connectivity index (χ3v) is 2.46. The van der Waals surface area contributed by atoms with Crippen LogP contribution in [0.4, 0.5) is 0 Å². The fraction of sp³-hybridized carbons (Fsp3) is 0.417. The molecule has 1 fully saturated rings. The molecule has 4 nitrogen and oxygen atoms in total. The van der Waals surface area contributed by atoms with Gasteiger partial charge in [0.25, 0.3) is 0 Å². The Bertz CT molecular complexity index is 349. The van der Waals surface area contributed by atoms with Gasteiger partial charge in [0.15, 0.2) is 6.10 Å². The summed E-state index contributed by atoms with van der Waals surface area (Å²) in [5, 5.41) is 9.15. The molecule has 1 heterocycles. The summed E-state index contributed by atoms with van der Waals surface area (Å²) in [6, 6.07) is 9.76. The van der Waals surface area contributed by atoms with Crippen molar-refractivity contribution in [3.8, 4) is 0 Å². The van der Waals surface area contributed by atoms with Gasteiger partial charge in [-0.1, -0.05) is 30.3 Å². The van der Waals surface area contributed by atoms with E-state index in [4.69, 9.17) is 14.6 Å². The van der Waals surface area contributed by atoms with Crippen molar-refractivity contribution in [2.75, 3.05) is 6.61 Å². The standard InChI is InChI=1S/C12H14O4/c13-11-6-10(16-12(11)14)8-15-7-9-4-2-1-3-5-9/h1-5,10-11,13H,6-8H2. The molecule has 2 unspecified atom stereocenters. The smallest absolute Gasteiger partial charge is 0.335 e. The Balaban J connectivity index is 1.71. The molecule has 1 aromatic carbocycles. The second-order valence-electron chi connectivity index (χ2n) is 3.81. The van der Waals surface area contributed by atoms with E-state index in [1.165, 1.54) is 0 Å². The summed E-state index contributed by atoms with van der Waals surface area (Å²) in [6.45, 7) is 0.822. The predicted molar refractivity (Wildman–Crippen MR) is 56.6 cm³/mol. The predicted octanol–water partition coefficient (Wildman–Crippen LogP) is 0.880. The number of hydrogen-bond donors (Lipinski definition) is 1. The number of carbonyl (C=O) groups excluding carboxylic acids is 1. The molecular weight excluding hydrogens is 208 g/mol. The van der Waals surface area contributed by atoms with Gasteiger partial charge in [-0.25, -0.2) is 4.79 Å². The number of aliphatic hydroxyl groups is 1. The van der Waals surface area contributed by atoms with Gasteiger partial charge in [0.1, 0.15) is 6.10 Å². The van der Waals surface area contributed by atoms with E-state index in [0.29, 0.717) is 19.6 Å². The molecule has 0 aliphatic carbocycles. The molecule has 0 amide bonds. The van der Waals surface area contributed by atoms with Crippen LogP contribution >= 0.6 is 0 Å². The summed E-state index contributed by atoms with van der Waals surface area (Å²) in [6.07, 6.45) is -0.968. The van der Waals surface area contributed by atoms with Crippen molar-refractivity contribution in [3.63, 3.8) is 0 Å². The summed E-state index contributed by atoms with van der Waals surface area (Å²) in [4.78, 5) is 10.9. The molecule has 1 aliphatic rings. The highest BCUT2D eigenvalue weighted by Gasteiger charge is 2.32. The summed E-state index contributed by atoms with van der Waals surface area (Å²) >= 11 is 0. The van der Waals surface area contributed by atoms with Crippen LogP contribution in [0.15, 0.2) is 30.3 Å². The second-order valence-corrected chi connectivity index (χ2v) is 3.81. The molecule has 0 saturated carbocycles. The fourth-order valence-electron chi connectivity index (χ4n) is 1.62. The summed E-state index contributed by atoms with van der Waals surface area (Å²) in [5.74, 6) is -0.548. The van der Waals surface area contributed by atoms with Gasteiger partial charge in [-0.3, -0.25) is 0 Å². The van der Waals surface area contributed by atoms with E-state index in [1.54, 1.807) is 0 Å². The molecule has 0 spiro atoms. The molecule has 2 rings (SSSR count). The van der Waals surface area contributed by atoms with Crippen LogP contribution in [0.1, 0.15) is 12.0 Å². The molecule has 1 saturated heterocycles. The van der Waals surface area contributed by atoms with E-state index in [0.717, 1.165) is 5.56 Å². The Hall–Kier alpha value is -1.39. The first-order valence-electron chi connectivity index (χ1n) is 5.26. The minimum atomic E-state index is -0.981. The van der Waals surface area contributed by atoms with Crippen LogP contribution in [0.3, 0.4) is 0 Å². The SMILES string of the molecule is O=C1OC(COCc2ccccc2)CC1O. The zero-order chi connectivity index (χ0) is 11.4. The van der Waals surface area contributed by atoms with E-state index in [2.05, 4.69) is 0 Å². The third-order valence-electron chi connectivity index (χ3n) is 2.46. The first-order chi connectivity index (χ1) is 7.75. The number of benzene rings is 1. The Morgan fingerprint density at radius 2 is 2.12 bits per heavy atom. The maximum atomic E-state index is 10.9. The number of cyclic esters (lactones) is 1. The number of hydrogen-bond acceptors (Lipinski definition) is 4. The lowest BCUT2D eigenvalue weighted by Crippen LogP contribution is -2.14. The van der Waals surface area contributed by atoms with E-state index in [-0.39, 0.29) is 6.10 Å². The molecule has 0 bridgehead atoms. The summed E-state index contributed by atoms with van der Waals surface area (Å²) in [7, 11) is 0. The molecular formula is C12H14O4. The van der Waals surface area contributed by atoms with E-state index in [1.807, 2.05) is 30.3 Å². The zero-order valence-electron chi connectivity index (χ0n) is 8.83. The van der Waals surface area contributed by atoms with Crippen LogP contribution in [-0.2, 0) is 20.9 Å². The zero-order valence-corrected chi connectivity index (χ0v) is 8.83. The number of ether oxygens (including phenoxy) is 2. The number of carbonyl (C=O) groups is 1. The Kier molecular flexibility index (Phi) is 3.54. The first-order valence-corrected chi connectivity index (χ1v) is 5.26. The lowest BCUT2D eigenvalue weighted by atomic mass is 10.2. The van der Waals surface area contributed by atoms with Crippen molar-refractivity contribution in [1.29, 1.82) is 0 Å². The van der Waals surface area contributed by atoms with Crippen molar-refractivity contribution in [1.82, 2.24) is 0 Å². The lowest BCUT2D eigenvalue weighted by molar-refractivity contribution is -0.149. The minimum Gasteiger partial charge on any atom is -0.458 e. The molecule has 1 aromatic rings. The summed E-state index contributed by atoms with van der Waals surface area (Å²) in [5.41, 5.74) is 1.08. The number of aliphatic hydroxyl groups excluding tert-OH is 1. The van der Waals surface area contributed by atoms with Crippen LogP contribution in [0.25, 0.3) is 0 Å². The van der Waals surface area contributed by atoms with Crippen LogP contribution in [0, 0.1) is 0 Å². The molecule has 4 heteroatoms. The highest BCUT2D eigenvalue weighted by atomic mass is 16.6. The molecule has 1 aliphatic heterocycles. The van der Waals surface area contributed by atoms with E-state index in [9.17, 15) is 4.79 Å². The molecule has 16 heavy (non-hydrogen) atoms. The third kappa shape index (κ3) is 2.81. The van der Waals surface area contributed by atoms with Gasteiger partial charge in [-0.2, -0.15) is 0 Å². The average Bonchev–Trinajstić information content (AvgIpc) is 2.60. The fourth-order valence-corrected chi connectivity index (χ4v) is 1.62. The molecule has 0 radical (unpaired) electrons. The van der Waals surface area contributed by atoms with Crippen molar-refractivity contribution < 1.29 is 19.4 Å². The molecule has 1 N–H and O–H groups in total. The Morgan fingerprint density at radius 3 is 2.75 bits per heavy atom. The van der Waals surface area contributed by atoms with Gasteiger partial charge >= 0.3 is 5.97 Å².